The van der Waals surface area contributed by atoms with Gasteiger partial charge < -0.3 is 10.1 Å². The van der Waals surface area contributed by atoms with E-state index in [4.69, 9.17) is 4.74 Å². The highest BCUT2D eigenvalue weighted by molar-refractivity contribution is 7.89. The van der Waals surface area contributed by atoms with Crippen LogP contribution < -0.4 is 10.1 Å². The zero-order valence-electron chi connectivity index (χ0n) is 14.7. The van der Waals surface area contributed by atoms with E-state index >= 15 is 0 Å². The lowest BCUT2D eigenvalue weighted by Gasteiger charge is -2.19. The minimum absolute atomic E-state index is 0.0101. The van der Waals surface area contributed by atoms with Crippen LogP contribution in [0.1, 0.15) is 18.1 Å². The van der Waals surface area contributed by atoms with E-state index in [1.54, 1.807) is 6.07 Å². The van der Waals surface area contributed by atoms with E-state index in [1.165, 1.54) is 37.5 Å². The summed E-state index contributed by atoms with van der Waals surface area (Å²) in [6.45, 7) is 3.57. The van der Waals surface area contributed by atoms with Gasteiger partial charge in [-0.3, -0.25) is 4.79 Å². The van der Waals surface area contributed by atoms with Gasteiger partial charge in [0.05, 0.1) is 7.11 Å². The molecule has 6 nitrogen and oxygen atoms in total. The van der Waals surface area contributed by atoms with Gasteiger partial charge in [-0.25, -0.2) is 8.42 Å². The molecule has 0 aliphatic carbocycles. The van der Waals surface area contributed by atoms with E-state index < -0.39 is 10.0 Å². The standard InChI is InChI=1S/C18H22N2O4S/c1-13-5-7-15(8-6-13)12-20(3)25(22,23)18-11-16(19-14(2)21)9-10-17(18)24-4/h5-11H,12H2,1-4H3,(H,19,21). The Bertz CT molecular complexity index is 861. The SMILES string of the molecule is COc1ccc(NC(C)=O)cc1S(=O)(=O)N(C)Cc1ccc(C)cc1. The lowest BCUT2D eigenvalue weighted by molar-refractivity contribution is -0.114. The number of methoxy groups -OCH3 is 1. The molecule has 2 rings (SSSR count). The maximum absolute atomic E-state index is 13.0. The summed E-state index contributed by atoms with van der Waals surface area (Å²) in [6, 6.07) is 12.2. The van der Waals surface area contributed by atoms with Gasteiger partial charge in [0.15, 0.2) is 0 Å². The van der Waals surface area contributed by atoms with Crippen molar-refractivity contribution in [3.63, 3.8) is 0 Å². The third kappa shape index (κ3) is 4.58. The predicted molar refractivity (Wildman–Crippen MR) is 97.1 cm³/mol. The summed E-state index contributed by atoms with van der Waals surface area (Å²) in [5.41, 5.74) is 2.39. The van der Waals surface area contributed by atoms with E-state index in [2.05, 4.69) is 5.32 Å². The van der Waals surface area contributed by atoms with Gasteiger partial charge in [-0.05, 0) is 30.7 Å². The summed E-state index contributed by atoms with van der Waals surface area (Å²) in [6.07, 6.45) is 0. The van der Waals surface area contributed by atoms with E-state index in [-0.39, 0.29) is 23.1 Å². The molecule has 0 bridgehead atoms. The summed E-state index contributed by atoms with van der Waals surface area (Å²) >= 11 is 0. The molecule has 0 aliphatic heterocycles. The molecule has 0 radical (unpaired) electrons. The van der Waals surface area contributed by atoms with Gasteiger partial charge in [-0.2, -0.15) is 4.31 Å². The molecule has 7 heteroatoms. The number of hydrogen-bond acceptors (Lipinski definition) is 4. The highest BCUT2D eigenvalue weighted by Crippen LogP contribution is 2.30. The van der Waals surface area contributed by atoms with Crippen LogP contribution in [0.15, 0.2) is 47.4 Å². The number of carbonyl (C=O) groups is 1. The molecule has 0 aliphatic rings. The number of benzene rings is 2. The first-order chi connectivity index (χ1) is 11.7. The van der Waals surface area contributed by atoms with Crippen LogP contribution >= 0.6 is 0 Å². The van der Waals surface area contributed by atoms with Gasteiger partial charge >= 0.3 is 0 Å². The molecule has 1 N–H and O–H groups in total. The maximum Gasteiger partial charge on any atom is 0.246 e. The number of nitrogens with zero attached hydrogens (tertiary/aromatic N) is 1. The second-order valence-corrected chi connectivity index (χ2v) is 7.81. The van der Waals surface area contributed by atoms with Crippen molar-refractivity contribution >= 4 is 21.6 Å². The zero-order chi connectivity index (χ0) is 18.6. The smallest absolute Gasteiger partial charge is 0.246 e. The summed E-state index contributed by atoms with van der Waals surface area (Å²) < 4.78 is 32.4. The molecule has 0 spiro atoms. The highest BCUT2D eigenvalue weighted by Gasteiger charge is 2.25. The van der Waals surface area contributed by atoms with Crippen molar-refractivity contribution in [2.75, 3.05) is 19.5 Å². The van der Waals surface area contributed by atoms with Gasteiger partial charge in [-0.1, -0.05) is 29.8 Å². The molecular formula is C18H22N2O4S. The van der Waals surface area contributed by atoms with E-state index in [9.17, 15) is 13.2 Å². The summed E-state index contributed by atoms with van der Waals surface area (Å²) in [5, 5.41) is 2.59. The van der Waals surface area contributed by atoms with Gasteiger partial charge in [-0.15, -0.1) is 0 Å². The first kappa shape index (κ1) is 19.0. The van der Waals surface area contributed by atoms with Crippen LogP contribution in [0.3, 0.4) is 0 Å². The van der Waals surface area contributed by atoms with Crippen molar-refractivity contribution in [1.29, 1.82) is 0 Å². The lowest BCUT2D eigenvalue weighted by atomic mass is 10.1. The Hall–Kier alpha value is -2.38. The number of sulfonamides is 1. The molecule has 2 aromatic rings. The van der Waals surface area contributed by atoms with Crippen LogP contribution in [0.4, 0.5) is 5.69 Å². The maximum atomic E-state index is 13.0. The van der Waals surface area contributed by atoms with Crippen molar-refractivity contribution in [3.05, 3.63) is 53.6 Å². The van der Waals surface area contributed by atoms with Crippen LogP contribution in [0.25, 0.3) is 0 Å². The van der Waals surface area contributed by atoms with E-state index in [0.717, 1.165) is 11.1 Å². The second kappa shape index (κ2) is 7.67. The predicted octanol–water partition coefficient (Wildman–Crippen LogP) is 2.78. The first-order valence-corrected chi connectivity index (χ1v) is 9.15. The van der Waals surface area contributed by atoms with Crippen molar-refractivity contribution < 1.29 is 17.9 Å². The molecule has 25 heavy (non-hydrogen) atoms. The quantitative estimate of drug-likeness (QED) is 0.857. The largest absolute Gasteiger partial charge is 0.495 e. The Morgan fingerprint density at radius 2 is 1.80 bits per heavy atom. The monoisotopic (exact) mass is 362 g/mol. The molecule has 0 unspecified atom stereocenters. The number of aryl methyl sites for hydroxylation is 1. The lowest BCUT2D eigenvalue weighted by Crippen LogP contribution is -2.27. The normalized spacial score (nSPS) is 11.4. The third-order valence-electron chi connectivity index (χ3n) is 3.70. The number of rotatable bonds is 6. The van der Waals surface area contributed by atoms with Gasteiger partial charge in [0.2, 0.25) is 15.9 Å². The van der Waals surface area contributed by atoms with Crippen molar-refractivity contribution in [2.24, 2.45) is 0 Å². The Labute approximate surface area is 148 Å². The molecule has 0 saturated heterocycles. The van der Waals surface area contributed by atoms with Gasteiger partial charge in [0.1, 0.15) is 10.6 Å². The van der Waals surface area contributed by atoms with Crippen LogP contribution in [-0.4, -0.2) is 32.8 Å². The Balaban J connectivity index is 2.36. The van der Waals surface area contributed by atoms with Crippen molar-refractivity contribution in [2.45, 2.75) is 25.3 Å². The second-order valence-electron chi connectivity index (χ2n) is 5.79. The molecule has 0 saturated carbocycles. The molecule has 0 aromatic heterocycles. The third-order valence-corrected chi connectivity index (χ3v) is 5.52. The zero-order valence-corrected chi connectivity index (χ0v) is 15.6. The number of amides is 1. The van der Waals surface area contributed by atoms with Crippen LogP contribution in [0, 0.1) is 6.92 Å². The van der Waals surface area contributed by atoms with Gasteiger partial charge in [0, 0.05) is 26.2 Å². The number of carbonyl (C=O) groups excluding carboxylic acids is 1. The Kier molecular flexibility index (Phi) is 5.81. The highest BCUT2D eigenvalue weighted by atomic mass is 32.2. The van der Waals surface area contributed by atoms with E-state index in [1.807, 2.05) is 31.2 Å². The number of hydrogen-bond donors (Lipinski definition) is 1. The first-order valence-electron chi connectivity index (χ1n) is 7.71. The fourth-order valence-electron chi connectivity index (χ4n) is 2.36. The van der Waals surface area contributed by atoms with Crippen molar-refractivity contribution in [1.82, 2.24) is 4.31 Å². The molecule has 0 fully saturated rings. The number of ether oxygens (including phenoxy) is 1. The Morgan fingerprint density at radius 3 is 2.36 bits per heavy atom. The minimum atomic E-state index is -3.79. The van der Waals surface area contributed by atoms with E-state index in [0.29, 0.717) is 5.69 Å². The average molecular weight is 362 g/mol. The fraction of sp³-hybridized carbons (Fsp3) is 0.278. The van der Waals surface area contributed by atoms with Gasteiger partial charge in [0.25, 0.3) is 0 Å². The summed E-state index contributed by atoms with van der Waals surface area (Å²) in [4.78, 5) is 11.2. The average Bonchev–Trinajstić information content (AvgIpc) is 2.56. The molecule has 134 valence electrons. The summed E-state index contributed by atoms with van der Waals surface area (Å²) in [5.74, 6) is -0.0496. The minimum Gasteiger partial charge on any atom is -0.495 e. The molecular weight excluding hydrogens is 340 g/mol. The molecule has 0 atom stereocenters. The van der Waals surface area contributed by atoms with Crippen LogP contribution in [0.5, 0.6) is 5.75 Å². The Morgan fingerprint density at radius 1 is 1.16 bits per heavy atom. The van der Waals surface area contributed by atoms with Crippen LogP contribution in [0.2, 0.25) is 0 Å². The molecule has 0 heterocycles. The van der Waals surface area contributed by atoms with Crippen molar-refractivity contribution in [3.8, 4) is 5.75 Å². The molecule has 1 amide bonds. The molecule has 2 aromatic carbocycles. The topological polar surface area (TPSA) is 75.7 Å². The van der Waals surface area contributed by atoms with Crippen LogP contribution in [-0.2, 0) is 21.4 Å². The summed E-state index contributed by atoms with van der Waals surface area (Å²) in [7, 11) is -0.869. The number of nitrogens with one attached hydrogen (secondary N) is 1. The number of anilines is 1. The fourth-order valence-corrected chi connectivity index (χ4v) is 3.70.